The Morgan fingerprint density at radius 1 is 1.00 bits per heavy atom. The number of carboxylic acid groups (broad SMARTS) is 1. The molecule has 0 aromatic heterocycles. The van der Waals surface area contributed by atoms with Gasteiger partial charge in [-0.1, -0.05) is 42.0 Å². The Kier molecular flexibility index (Phi) is 9.34. The van der Waals surface area contributed by atoms with Crippen LogP contribution >= 0.6 is 0 Å². The van der Waals surface area contributed by atoms with E-state index >= 15 is 0 Å². The quantitative estimate of drug-likeness (QED) is 0.412. The third-order valence-electron chi connectivity index (χ3n) is 6.92. The number of amides is 3. The normalized spacial score (nSPS) is 15.6. The van der Waals surface area contributed by atoms with Gasteiger partial charge in [0.2, 0.25) is 5.91 Å². The van der Waals surface area contributed by atoms with Crippen molar-refractivity contribution >= 4 is 23.7 Å². The summed E-state index contributed by atoms with van der Waals surface area (Å²) in [5.41, 5.74) is 2.29. The van der Waals surface area contributed by atoms with E-state index in [4.69, 9.17) is 4.74 Å². The predicted molar refractivity (Wildman–Crippen MR) is 149 cm³/mol. The van der Waals surface area contributed by atoms with Crippen LogP contribution in [0.1, 0.15) is 45.9 Å². The maximum Gasteiger partial charge on any atom is 0.305 e. The molecule has 0 spiro atoms. The second-order valence-electron chi connectivity index (χ2n) is 9.92. The van der Waals surface area contributed by atoms with Gasteiger partial charge in [0.05, 0.1) is 26.0 Å². The molecule has 1 saturated heterocycles. The van der Waals surface area contributed by atoms with Crippen LogP contribution in [-0.2, 0) is 20.8 Å². The van der Waals surface area contributed by atoms with Crippen LogP contribution in [0, 0.1) is 12.7 Å². The summed E-state index contributed by atoms with van der Waals surface area (Å²) < 4.78 is 18.8. The van der Waals surface area contributed by atoms with Gasteiger partial charge in [-0.15, -0.1) is 0 Å². The van der Waals surface area contributed by atoms with Crippen molar-refractivity contribution in [3.63, 3.8) is 0 Å². The molecular formula is C31H32FN3O6. The number of rotatable bonds is 9. The molecule has 41 heavy (non-hydrogen) atoms. The van der Waals surface area contributed by atoms with Crippen LogP contribution in [0.15, 0.2) is 72.8 Å². The Hall–Kier alpha value is -4.73. The third kappa shape index (κ3) is 7.27. The van der Waals surface area contributed by atoms with Crippen molar-refractivity contribution in [3.05, 3.63) is 101 Å². The SMILES string of the molecule is COc1cccc(CC(=O)N2CCCN(C(=O)c3ccc(F)cc3)C2C(=O)NC(CC(=O)O)c2cccc(C)c2)c1. The van der Waals surface area contributed by atoms with E-state index in [9.17, 15) is 28.7 Å². The monoisotopic (exact) mass is 561 g/mol. The van der Waals surface area contributed by atoms with Gasteiger partial charge in [-0.2, -0.15) is 0 Å². The van der Waals surface area contributed by atoms with E-state index in [1.165, 1.54) is 29.0 Å². The average Bonchev–Trinajstić information content (AvgIpc) is 2.96. The smallest absolute Gasteiger partial charge is 0.305 e. The molecule has 0 radical (unpaired) electrons. The summed E-state index contributed by atoms with van der Waals surface area (Å²) in [6.45, 7) is 2.24. The van der Waals surface area contributed by atoms with Crippen molar-refractivity contribution in [1.82, 2.24) is 15.1 Å². The fraction of sp³-hybridized carbons (Fsp3) is 0.290. The Balaban J connectivity index is 1.68. The molecule has 3 aromatic rings. The number of carbonyl (C=O) groups is 4. The molecule has 3 amide bonds. The number of benzene rings is 3. The van der Waals surface area contributed by atoms with Crippen LogP contribution < -0.4 is 10.1 Å². The number of methoxy groups -OCH3 is 1. The first kappa shape index (κ1) is 29.3. The van der Waals surface area contributed by atoms with Crippen molar-refractivity contribution in [2.75, 3.05) is 20.2 Å². The molecule has 1 aliphatic rings. The van der Waals surface area contributed by atoms with Crippen LogP contribution in [0.4, 0.5) is 4.39 Å². The third-order valence-corrected chi connectivity index (χ3v) is 6.92. The zero-order chi connectivity index (χ0) is 29.5. The lowest BCUT2D eigenvalue weighted by Gasteiger charge is -2.43. The highest BCUT2D eigenvalue weighted by molar-refractivity contribution is 5.99. The van der Waals surface area contributed by atoms with Gasteiger partial charge in [-0.3, -0.25) is 19.2 Å². The van der Waals surface area contributed by atoms with E-state index in [2.05, 4.69) is 5.32 Å². The molecule has 214 valence electrons. The minimum absolute atomic E-state index is 0.0456. The summed E-state index contributed by atoms with van der Waals surface area (Å²) in [5.74, 6) is -2.68. The standard InChI is InChI=1S/C31H32FN3O6/c1-20-6-3-8-23(16-20)26(19-28(37)38)33-29(39)30-34(27(36)18-21-7-4-9-25(17-21)41-2)14-5-15-35(30)31(40)22-10-12-24(32)13-11-22/h3-4,6-13,16-17,26,30H,5,14-15,18-19H2,1-2H3,(H,33,39)(H,37,38). The van der Waals surface area contributed by atoms with Gasteiger partial charge in [-0.05, 0) is 60.9 Å². The summed E-state index contributed by atoms with van der Waals surface area (Å²) in [5, 5.41) is 12.4. The summed E-state index contributed by atoms with van der Waals surface area (Å²) in [6, 6.07) is 18.2. The second kappa shape index (κ2) is 13.1. The number of halogens is 1. The molecule has 0 bridgehead atoms. The number of ether oxygens (including phenoxy) is 1. The van der Waals surface area contributed by atoms with Crippen molar-refractivity contribution in [2.24, 2.45) is 0 Å². The van der Waals surface area contributed by atoms with E-state index in [-0.39, 0.29) is 31.0 Å². The van der Waals surface area contributed by atoms with Gasteiger partial charge in [0.1, 0.15) is 11.6 Å². The highest BCUT2D eigenvalue weighted by Gasteiger charge is 2.41. The van der Waals surface area contributed by atoms with Gasteiger partial charge in [0, 0.05) is 18.7 Å². The Morgan fingerprint density at radius 2 is 1.71 bits per heavy atom. The molecule has 1 aliphatic heterocycles. The summed E-state index contributed by atoms with van der Waals surface area (Å²) in [6.07, 6.45) is -1.38. The van der Waals surface area contributed by atoms with Crippen LogP contribution in [0.3, 0.4) is 0 Å². The zero-order valence-electron chi connectivity index (χ0n) is 22.9. The fourth-order valence-corrected chi connectivity index (χ4v) is 4.96. The predicted octanol–water partition coefficient (Wildman–Crippen LogP) is 3.72. The van der Waals surface area contributed by atoms with Gasteiger partial charge in [-0.25, -0.2) is 4.39 Å². The maximum absolute atomic E-state index is 13.9. The fourth-order valence-electron chi connectivity index (χ4n) is 4.96. The molecule has 3 aromatic carbocycles. The first-order valence-corrected chi connectivity index (χ1v) is 13.2. The number of aliphatic carboxylic acids is 1. The van der Waals surface area contributed by atoms with Crippen LogP contribution in [0.2, 0.25) is 0 Å². The van der Waals surface area contributed by atoms with E-state index in [1.807, 2.05) is 13.0 Å². The molecule has 2 unspecified atom stereocenters. The Morgan fingerprint density at radius 3 is 2.39 bits per heavy atom. The number of aryl methyl sites for hydroxylation is 1. The Labute approximate surface area is 237 Å². The van der Waals surface area contributed by atoms with Crippen molar-refractivity contribution < 1.29 is 33.4 Å². The number of nitrogens with one attached hydrogen (secondary N) is 1. The number of hydrogen-bond donors (Lipinski definition) is 2. The maximum atomic E-state index is 13.9. The summed E-state index contributed by atoms with van der Waals surface area (Å²) >= 11 is 0. The van der Waals surface area contributed by atoms with Crippen LogP contribution in [0.25, 0.3) is 0 Å². The van der Waals surface area contributed by atoms with Crippen molar-refractivity contribution in [1.29, 1.82) is 0 Å². The summed E-state index contributed by atoms with van der Waals surface area (Å²) in [7, 11) is 1.52. The van der Waals surface area contributed by atoms with Gasteiger partial charge >= 0.3 is 5.97 Å². The minimum Gasteiger partial charge on any atom is -0.497 e. The lowest BCUT2D eigenvalue weighted by Crippen LogP contribution is -2.64. The van der Waals surface area contributed by atoms with Crippen molar-refractivity contribution in [2.45, 2.75) is 38.4 Å². The molecule has 9 nitrogen and oxygen atoms in total. The van der Waals surface area contributed by atoms with Crippen LogP contribution in [-0.4, -0.2) is 65.0 Å². The van der Waals surface area contributed by atoms with E-state index in [1.54, 1.807) is 42.5 Å². The molecule has 2 atom stereocenters. The highest BCUT2D eigenvalue weighted by Crippen LogP contribution is 2.24. The van der Waals surface area contributed by atoms with Gasteiger partial charge < -0.3 is 25.0 Å². The molecule has 1 fully saturated rings. The Bertz CT molecular complexity index is 1430. The molecule has 10 heteroatoms. The van der Waals surface area contributed by atoms with E-state index in [0.29, 0.717) is 23.3 Å². The lowest BCUT2D eigenvalue weighted by molar-refractivity contribution is -0.149. The van der Waals surface area contributed by atoms with E-state index < -0.39 is 42.2 Å². The first-order chi connectivity index (χ1) is 19.7. The minimum atomic E-state index is -1.35. The highest BCUT2D eigenvalue weighted by atomic mass is 19.1. The number of nitrogens with zero attached hydrogens (tertiary/aromatic N) is 2. The van der Waals surface area contributed by atoms with E-state index in [0.717, 1.165) is 17.7 Å². The topological polar surface area (TPSA) is 116 Å². The van der Waals surface area contributed by atoms with Crippen LogP contribution in [0.5, 0.6) is 5.75 Å². The van der Waals surface area contributed by atoms with Gasteiger partial charge in [0.25, 0.3) is 11.8 Å². The molecule has 1 heterocycles. The number of hydrogen-bond acceptors (Lipinski definition) is 5. The lowest BCUT2D eigenvalue weighted by atomic mass is 10.0. The molecule has 0 aliphatic carbocycles. The molecule has 4 rings (SSSR count). The second-order valence-corrected chi connectivity index (χ2v) is 9.92. The largest absolute Gasteiger partial charge is 0.497 e. The van der Waals surface area contributed by atoms with Crippen molar-refractivity contribution in [3.8, 4) is 5.75 Å². The van der Waals surface area contributed by atoms with Gasteiger partial charge in [0.15, 0.2) is 6.17 Å². The summed E-state index contributed by atoms with van der Waals surface area (Å²) in [4.78, 5) is 55.5. The first-order valence-electron chi connectivity index (χ1n) is 13.2. The molecular weight excluding hydrogens is 529 g/mol. The zero-order valence-corrected chi connectivity index (χ0v) is 22.9. The average molecular weight is 562 g/mol. The number of carbonyl (C=O) groups excluding carboxylic acids is 3. The molecule has 2 N–H and O–H groups in total. The molecule has 0 saturated carbocycles. The number of carboxylic acids is 1.